The first-order valence-corrected chi connectivity index (χ1v) is 14.8. The summed E-state index contributed by atoms with van der Waals surface area (Å²) in [4.78, 5) is 45.9. The molecule has 0 bridgehead atoms. The lowest BCUT2D eigenvalue weighted by Gasteiger charge is -2.40. The lowest BCUT2D eigenvalue weighted by molar-refractivity contribution is -0.00466. The van der Waals surface area contributed by atoms with Gasteiger partial charge in [0.05, 0.1) is 17.6 Å². The van der Waals surface area contributed by atoms with Crippen LogP contribution in [0.2, 0.25) is 0 Å². The van der Waals surface area contributed by atoms with Crippen molar-refractivity contribution < 1.29 is 33.3 Å². The Morgan fingerprint density at radius 1 is 0.907 bits per heavy atom. The Bertz CT molecular complexity index is 1480. The molecule has 1 fully saturated rings. The number of carbonyl (C=O) groups is 3. The molecule has 43 heavy (non-hydrogen) atoms. The van der Waals surface area contributed by atoms with Gasteiger partial charge < -0.3 is 23.8 Å². The molecule has 5 rings (SSSR count). The van der Waals surface area contributed by atoms with E-state index in [1.807, 2.05) is 24.3 Å². The first kappa shape index (κ1) is 30.3. The van der Waals surface area contributed by atoms with Crippen molar-refractivity contribution in [1.82, 2.24) is 14.8 Å². The van der Waals surface area contributed by atoms with E-state index in [1.54, 1.807) is 36.6 Å². The maximum atomic E-state index is 13.6. The number of ether oxygens (including phenoxy) is 4. The fraction of sp³-hybridized carbons (Fsp3) is 0.375. The second-order valence-electron chi connectivity index (χ2n) is 11.4. The Morgan fingerprint density at radius 2 is 1.56 bits per heavy atom. The molecule has 2 amide bonds. The number of hydrogen-bond acceptors (Lipinski definition) is 8. The van der Waals surface area contributed by atoms with Gasteiger partial charge in [0.15, 0.2) is 5.69 Å². The second-order valence-corrected chi connectivity index (χ2v) is 12.2. The zero-order valence-electron chi connectivity index (χ0n) is 24.5. The van der Waals surface area contributed by atoms with E-state index < -0.39 is 29.8 Å². The van der Waals surface area contributed by atoms with Crippen LogP contribution in [-0.2, 0) is 14.2 Å². The highest BCUT2D eigenvalue weighted by Gasteiger charge is 2.37. The number of amides is 2. The molecule has 226 valence electrons. The quantitative estimate of drug-likeness (QED) is 0.240. The van der Waals surface area contributed by atoms with Gasteiger partial charge in [-0.15, -0.1) is 0 Å². The topological polar surface area (TPSA) is 108 Å². The first-order valence-electron chi connectivity index (χ1n) is 14.0. The second kappa shape index (κ2) is 12.6. The van der Waals surface area contributed by atoms with E-state index in [9.17, 15) is 14.4 Å². The van der Waals surface area contributed by atoms with Crippen molar-refractivity contribution in [3.63, 3.8) is 0 Å². The van der Waals surface area contributed by atoms with E-state index in [4.69, 9.17) is 18.9 Å². The van der Waals surface area contributed by atoms with Gasteiger partial charge in [-0.05, 0) is 71.1 Å². The number of esters is 1. The zero-order valence-corrected chi connectivity index (χ0v) is 26.1. The van der Waals surface area contributed by atoms with E-state index in [2.05, 4.69) is 45.2 Å². The van der Waals surface area contributed by atoms with Crippen molar-refractivity contribution in [3.8, 4) is 17.0 Å². The number of benzene rings is 2. The summed E-state index contributed by atoms with van der Waals surface area (Å²) in [5.41, 5.74) is 3.93. The van der Waals surface area contributed by atoms with Gasteiger partial charge in [0, 0.05) is 25.6 Å². The average Bonchev–Trinajstić information content (AvgIpc) is 3.31. The standard InChI is InChI=1S/C32H34BrN3O7/c1-32(2,3)43-30(38)35-15-16-36(20(17-35)18-41-28-26(33)13-14-27(34-28)29(37)40-4)31(39)42-19-25-23-11-7-5-9-21(23)22-10-6-8-12-24(22)25/h5-14,20,25H,15-19H2,1-4H3/t20-/m0/s1. The van der Waals surface area contributed by atoms with Crippen molar-refractivity contribution in [2.75, 3.05) is 40.0 Å². The summed E-state index contributed by atoms with van der Waals surface area (Å²) in [5, 5.41) is 0. The Balaban J connectivity index is 1.33. The highest BCUT2D eigenvalue weighted by molar-refractivity contribution is 9.10. The normalized spacial score (nSPS) is 16.3. The predicted molar refractivity (Wildman–Crippen MR) is 162 cm³/mol. The summed E-state index contributed by atoms with van der Waals surface area (Å²) >= 11 is 3.40. The van der Waals surface area contributed by atoms with Crippen LogP contribution in [-0.4, -0.2) is 84.5 Å². The van der Waals surface area contributed by atoms with Crippen LogP contribution < -0.4 is 4.74 Å². The van der Waals surface area contributed by atoms with Crippen molar-refractivity contribution in [2.24, 2.45) is 0 Å². The van der Waals surface area contributed by atoms with Gasteiger partial charge in [0.2, 0.25) is 5.88 Å². The maximum absolute atomic E-state index is 13.6. The van der Waals surface area contributed by atoms with Gasteiger partial charge in [0.1, 0.15) is 18.8 Å². The molecule has 0 N–H and O–H groups in total. The molecule has 11 heteroatoms. The van der Waals surface area contributed by atoms with Gasteiger partial charge in [-0.1, -0.05) is 48.5 Å². The fourth-order valence-electron chi connectivity index (χ4n) is 5.33. The summed E-state index contributed by atoms with van der Waals surface area (Å²) < 4.78 is 22.8. The number of nitrogens with zero attached hydrogens (tertiary/aromatic N) is 3. The zero-order chi connectivity index (χ0) is 30.7. The Kier molecular flexibility index (Phi) is 8.91. The molecular formula is C32H34BrN3O7. The number of hydrogen-bond donors (Lipinski definition) is 0. The molecule has 0 spiro atoms. The lowest BCUT2D eigenvalue weighted by Crippen LogP contribution is -2.59. The van der Waals surface area contributed by atoms with Crippen LogP contribution >= 0.6 is 15.9 Å². The third-order valence-corrected chi connectivity index (χ3v) is 7.93. The molecular weight excluding hydrogens is 618 g/mol. The number of fused-ring (bicyclic) bond motifs is 3. The average molecular weight is 653 g/mol. The number of piperazine rings is 1. The molecule has 0 radical (unpaired) electrons. The molecule has 1 aliphatic heterocycles. The summed E-state index contributed by atoms with van der Waals surface area (Å²) in [5.74, 6) is -0.536. The van der Waals surface area contributed by atoms with Gasteiger partial charge in [-0.25, -0.2) is 19.4 Å². The van der Waals surface area contributed by atoms with Gasteiger partial charge in [-0.2, -0.15) is 0 Å². The van der Waals surface area contributed by atoms with Crippen LogP contribution in [0.5, 0.6) is 5.88 Å². The van der Waals surface area contributed by atoms with Crippen LogP contribution in [0.4, 0.5) is 9.59 Å². The van der Waals surface area contributed by atoms with E-state index >= 15 is 0 Å². The van der Waals surface area contributed by atoms with E-state index in [1.165, 1.54) is 13.2 Å². The number of rotatable bonds is 6. The van der Waals surface area contributed by atoms with Crippen molar-refractivity contribution >= 4 is 34.1 Å². The van der Waals surface area contributed by atoms with Gasteiger partial charge >= 0.3 is 18.2 Å². The molecule has 1 saturated heterocycles. The first-order chi connectivity index (χ1) is 20.6. The minimum absolute atomic E-state index is 0.0142. The van der Waals surface area contributed by atoms with Crippen LogP contribution in [0.25, 0.3) is 11.1 Å². The maximum Gasteiger partial charge on any atom is 0.410 e. The third kappa shape index (κ3) is 6.77. The van der Waals surface area contributed by atoms with Gasteiger partial charge in [-0.3, -0.25) is 4.90 Å². The van der Waals surface area contributed by atoms with Crippen molar-refractivity contribution in [3.05, 3.63) is 82.0 Å². The van der Waals surface area contributed by atoms with Crippen LogP contribution in [0.15, 0.2) is 65.1 Å². The molecule has 1 aliphatic carbocycles. The lowest BCUT2D eigenvalue weighted by atomic mass is 9.98. The largest absolute Gasteiger partial charge is 0.475 e. The Labute approximate surface area is 259 Å². The van der Waals surface area contributed by atoms with Crippen LogP contribution in [0, 0.1) is 0 Å². The Morgan fingerprint density at radius 3 is 2.19 bits per heavy atom. The number of aromatic nitrogens is 1. The summed E-state index contributed by atoms with van der Waals surface area (Å²) in [6.45, 7) is 6.21. The highest BCUT2D eigenvalue weighted by Crippen LogP contribution is 2.44. The smallest absolute Gasteiger partial charge is 0.410 e. The van der Waals surface area contributed by atoms with E-state index in [-0.39, 0.29) is 50.3 Å². The minimum atomic E-state index is -0.671. The molecule has 0 saturated carbocycles. The fourth-order valence-corrected chi connectivity index (χ4v) is 5.66. The summed E-state index contributed by atoms with van der Waals surface area (Å²) in [6, 6.07) is 18.9. The monoisotopic (exact) mass is 651 g/mol. The minimum Gasteiger partial charge on any atom is -0.475 e. The molecule has 2 aliphatic rings. The molecule has 10 nitrogen and oxygen atoms in total. The van der Waals surface area contributed by atoms with Gasteiger partial charge in [0.25, 0.3) is 0 Å². The summed E-state index contributed by atoms with van der Waals surface area (Å²) in [6.07, 6.45) is -0.980. The molecule has 3 aromatic rings. The highest BCUT2D eigenvalue weighted by atomic mass is 79.9. The third-order valence-electron chi connectivity index (χ3n) is 7.33. The number of carbonyl (C=O) groups excluding carboxylic acids is 3. The van der Waals surface area contributed by atoms with E-state index in [0.29, 0.717) is 4.47 Å². The number of halogens is 1. The Hall–Kier alpha value is -4.12. The SMILES string of the molecule is COC(=O)c1ccc(Br)c(OC[C@@H]2CN(C(=O)OC(C)(C)C)CCN2C(=O)OCC2c3ccccc3-c3ccccc32)n1. The molecule has 2 aromatic carbocycles. The van der Waals surface area contributed by atoms with Crippen molar-refractivity contribution in [2.45, 2.75) is 38.3 Å². The summed E-state index contributed by atoms with van der Waals surface area (Å²) in [7, 11) is 1.27. The van der Waals surface area contributed by atoms with E-state index in [0.717, 1.165) is 22.3 Å². The number of pyridine rings is 1. The van der Waals surface area contributed by atoms with Crippen molar-refractivity contribution in [1.29, 1.82) is 0 Å². The molecule has 2 heterocycles. The molecule has 1 atom stereocenters. The molecule has 1 aromatic heterocycles. The molecule has 0 unspecified atom stereocenters. The van der Waals surface area contributed by atoms with Crippen LogP contribution in [0.3, 0.4) is 0 Å². The number of methoxy groups -OCH3 is 1. The predicted octanol–water partition coefficient (Wildman–Crippen LogP) is 5.88. The van der Waals surface area contributed by atoms with Crippen LogP contribution in [0.1, 0.15) is 48.3 Å².